The summed E-state index contributed by atoms with van der Waals surface area (Å²) in [7, 11) is 1.39. The van der Waals surface area contributed by atoms with Gasteiger partial charge in [-0.25, -0.2) is 4.79 Å². The first-order chi connectivity index (χ1) is 13.5. The van der Waals surface area contributed by atoms with Gasteiger partial charge in [-0.3, -0.25) is 14.6 Å². The molecule has 2 saturated heterocycles. The molecule has 6 fully saturated rings. The normalized spacial score (nSPS) is 49.4. The van der Waals surface area contributed by atoms with Gasteiger partial charge >= 0.3 is 6.09 Å². The van der Waals surface area contributed by atoms with Crippen molar-refractivity contribution in [2.75, 3.05) is 25.1 Å². The Bertz CT molecular complexity index is 979. The van der Waals surface area contributed by atoms with Gasteiger partial charge in [0.2, 0.25) is 0 Å². The number of hydrogen-bond acceptors (Lipinski definition) is 5. The van der Waals surface area contributed by atoms with Gasteiger partial charge in [0.1, 0.15) is 5.60 Å². The number of para-hydroxylation sites is 1. The van der Waals surface area contributed by atoms with Gasteiger partial charge in [0.05, 0.1) is 23.8 Å². The van der Waals surface area contributed by atoms with E-state index in [9.17, 15) is 14.7 Å². The average molecular weight is 380 g/mol. The van der Waals surface area contributed by atoms with E-state index in [0.717, 1.165) is 37.1 Å². The minimum Gasteiger partial charge on any atom is -0.452 e. The number of methoxy groups -OCH3 is 1. The SMILES string of the molecule is COC(=O)N1c2ccccc2C23[C@@H]4CN5CCC[C@]6(CC[C@]12[C@@](O)(C6)C4=O)[C@H]53. The van der Waals surface area contributed by atoms with Crippen molar-refractivity contribution < 1.29 is 19.4 Å². The highest BCUT2D eigenvalue weighted by atomic mass is 16.5. The van der Waals surface area contributed by atoms with E-state index >= 15 is 0 Å². The molecular formula is C22H24N2O4. The zero-order chi connectivity index (χ0) is 19.1. The number of carbonyl (C=O) groups is 2. The van der Waals surface area contributed by atoms with Gasteiger partial charge in [-0.2, -0.15) is 0 Å². The topological polar surface area (TPSA) is 70.1 Å². The molecule has 28 heavy (non-hydrogen) atoms. The van der Waals surface area contributed by atoms with E-state index in [1.807, 2.05) is 18.2 Å². The molecule has 1 unspecified atom stereocenters. The summed E-state index contributed by atoms with van der Waals surface area (Å²) in [6.07, 6.45) is 3.84. The van der Waals surface area contributed by atoms with E-state index in [0.29, 0.717) is 19.4 Å². The van der Waals surface area contributed by atoms with Crippen LogP contribution in [0, 0.1) is 11.3 Å². The number of carbonyl (C=O) groups excluding carboxylic acids is 2. The quantitative estimate of drug-likeness (QED) is 0.744. The van der Waals surface area contributed by atoms with Crippen molar-refractivity contribution in [3.8, 4) is 0 Å². The number of Topliss-reactive ketones (excluding diaryl/α,β-unsaturated/α-hetero) is 1. The lowest BCUT2D eigenvalue weighted by Gasteiger charge is -2.69. The molecule has 7 aliphatic rings. The molecule has 0 aromatic heterocycles. The molecule has 6 heteroatoms. The largest absolute Gasteiger partial charge is 0.452 e. The van der Waals surface area contributed by atoms with Crippen molar-refractivity contribution in [1.82, 2.24) is 4.90 Å². The number of benzene rings is 1. The molecule has 146 valence electrons. The first-order valence-electron chi connectivity index (χ1n) is 10.5. The highest BCUT2D eigenvalue weighted by molar-refractivity contribution is 6.07. The number of ketones is 1. The Morgan fingerprint density at radius 3 is 2.89 bits per heavy atom. The molecule has 1 aromatic rings. The van der Waals surface area contributed by atoms with Gasteiger partial charge < -0.3 is 9.84 Å². The van der Waals surface area contributed by atoms with Crippen molar-refractivity contribution in [3.05, 3.63) is 29.8 Å². The van der Waals surface area contributed by atoms with Crippen molar-refractivity contribution in [2.45, 2.75) is 54.7 Å². The third-order valence-electron chi connectivity index (χ3n) is 9.48. The Kier molecular flexibility index (Phi) is 2.45. The van der Waals surface area contributed by atoms with Crippen LogP contribution in [0.15, 0.2) is 24.3 Å². The number of nitrogens with zero attached hydrogens (tertiary/aromatic N) is 2. The Labute approximate surface area is 163 Å². The molecule has 3 heterocycles. The second-order valence-corrected chi connectivity index (χ2v) is 9.87. The molecule has 3 spiro atoms. The lowest BCUT2D eigenvalue weighted by atomic mass is 9.40. The molecule has 1 amide bonds. The fourth-order valence-electron chi connectivity index (χ4n) is 9.19. The molecule has 4 bridgehead atoms. The molecule has 6 atom stereocenters. The predicted octanol–water partition coefficient (Wildman–Crippen LogP) is 1.84. The number of aliphatic hydroxyl groups is 1. The van der Waals surface area contributed by atoms with Crippen molar-refractivity contribution in [1.29, 1.82) is 0 Å². The van der Waals surface area contributed by atoms with Crippen LogP contribution in [0.4, 0.5) is 10.5 Å². The molecule has 0 radical (unpaired) electrons. The number of hydrogen-bond donors (Lipinski definition) is 1. The number of amides is 1. The second kappa shape index (κ2) is 4.31. The highest BCUT2D eigenvalue weighted by Crippen LogP contribution is 2.81. The maximum atomic E-state index is 13.8. The van der Waals surface area contributed by atoms with Crippen LogP contribution in [0.5, 0.6) is 0 Å². The van der Waals surface area contributed by atoms with E-state index in [1.165, 1.54) is 7.11 Å². The van der Waals surface area contributed by atoms with Gasteiger partial charge in [-0.15, -0.1) is 0 Å². The van der Waals surface area contributed by atoms with Crippen molar-refractivity contribution >= 4 is 17.6 Å². The van der Waals surface area contributed by atoms with Gasteiger partial charge in [-0.05, 0) is 55.7 Å². The smallest absolute Gasteiger partial charge is 0.414 e. The van der Waals surface area contributed by atoms with Crippen molar-refractivity contribution in [3.63, 3.8) is 0 Å². The van der Waals surface area contributed by atoms with E-state index in [2.05, 4.69) is 11.0 Å². The number of piperidine rings is 1. The summed E-state index contributed by atoms with van der Waals surface area (Å²) in [6.45, 7) is 1.71. The minimum atomic E-state index is -1.48. The zero-order valence-corrected chi connectivity index (χ0v) is 16.0. The Balaban J connectivity index is 1.65. The van der Waals surface area contributed by atoms with Crippen LogP contribution in [-0.4, -0.2) is 59.3 Å². The van der Waals surface area contributed by atoms with Crippen LogP contribution >= 0.6 is 0 Å². The predicted molar refractivity (Wildman–Crippen MR) is 100 cm³/mol. The summed E-state index contributed by atoms with van der Waals surface area (Å²) in [5.41, 5.74) is -1.04. The third-order valence-corrected chi connectivity index (χ3v) is 9.48. The van der Waals surface area contributed by atoms with Gasteiger partial charge in [0.25, 0.3) is 0 Å². The maximum absolute atomic E-state index is 13.8. The summed E-state index contributed by atoms with van der Waals surface area (Å²) in [6, 6.07) is 8.22. The van der Waals surface area contributed by atoms with Gasteiger partial charge in [-0.1, -0.05) is 18.2 Å². The molecule has 1 N–H and O–H groups in total. The zero-order valence-electron chi connectivity index (χ0n) is 16.0. The van der Waals surface area contributed by atoms with E-state index in [1.54, 1.807) is 4.90 Å². The molecule has 8 rings (SSSR count). The fraction of sp³-hybridized carbons (Fsp3) is 0.636. The van der Waals surface area contributed by atoms with E-state index in [4.69, 9.17) is 4.74 Å². The number of rotatable bonds is 0. The lowest BCUT2D eigenvalue weighted by Crippen LogP contribution is -2.82. The average Bonchev–Trinajstić information content (AvgIpc) is 3.23. The van der Waals surface area contributed by atoms with Crippen LogP contribution in [0.25, 0.3) is 0 Å². The lowest BCUT2D eigenvalue weighted by molar-refractivity contribution is -0.194. The monoisotopic (exact) mass is 380 g/mol. The Morgan fingerprint density at radius 2 is 2.07 bits per heavy atom. The van der Waals surface area contributed by atoms with Gasteiger partial charge in [0.15, 0.2) is 5.78 Å². The molecule has 3 aliphatic heterocycles. The van der Waals surface area contributed by atoms with E-state index in [-0.39, 0.29) is 23.2 Å². The second-order valence-electron chi connectivity index (χ2n) is 9.87. The fourth-order valence-corrected chi connectivity index (χ4v) is 9.19. The van der Waals surface area contributed by atoms with Crippen LogP contribution < -0.4 is 4.90 Å². The molecule has 1 aromatic carbocycles. The molecule has 4 saturated carbocycles. The molecular weight excluding hydrogens is 356 g/mol. The summed E-state index contributed by atoms with van der Waals surface area (Å²) in [4.78, 5) is 31.1. The summed E-state index contributed by atoms with van der Waals surface area (Å²) in [5.74, 6) is -0.287. The molecule has 4 aliphatic carbocycles. The van der Waals surface area contributed by atoms with Crippen LogP contribution in [0.2, 0.25) is 0 Å². The van der Waals surface area contributed by atoms with Crippen molar-refractivity contribution in [2.24, 2.45) is 11.3 Å². The Hall–Kier alpha value is -1.92. The third kappa shape index (κ3) is 1.16. The van der Waals surface area contributed by atoms with E-state index < -0.39 is 22.6 Å². The first-order valence-corrected chi connectivity index (χ1v) is 10.5. The minimum absolute atomic E-state index is 0.0328. The maximum Gasteiger partial charge on any atom is 0.414 e. The number of fused-ring (bicyclic) bond motifs is 2. The summed E-state index contributed by atoms with van der Waals surface area (Å²) in [5, 5.41) is 12.1. The Morgan fingerprint density at radius 1 is 1.25 bits per heavy atom. The summed E-state index contributed by atoms with van der Waals surface area (Å²) >= 11 is 0. The summed E-state index contributed by atoms with van der Waals surface area (Å²) < 4.78 is 5.22. The highest BCUT2D eigenvalue weighted by Gasteiger charge is 2.93. The van der Waals surface area contributed by atoms with Crippen LogP contribution in [-0.2, 0) is 14.9 Å². The first kappa shape index (κ1) is 15.9. The van der Waals surface area contributed by atoms with Crippen LogP contribution in [0.1, 0.15) is 37.7 Å². The standard InChI is InChI=1S/C22H24N2O4/c1-28-18(26)24-15-6-3-2-5-13(15)22-14-11-23-10-4-7-19(17(22)23)8-9-21(22,24)20(27,12-19)16(14)25/h2-3,5-6,14,17,27H,4,7-12H2,1H3/t14-,17+,19-,20-,21-,22?/m1/s1. The number of anilines is 1. The van der Waals surface area contributed by atoms with Gasteiger partial charge in [0, 0.05) is 18.5 Å². The molecule has 6 nitrogen and oxygen atoms in total. The van der Waals surface area contributed by atoms with Crippen LogP contribution in [0.3, 0.4) is 0 Å². The number of ether oxygens (including phenoxy) is 1.